The quantitative estimate of drug-likeness (QED) is 0.674. The zero-order chi connectivity index (χ0) is 13.5. The first-order valence-corrected chi connectivity index (χ1v) is 7.63. The SMILES string of the molecule is OCC#Cc1cccc(CSc2cccc(Br)c2)c1. The van der Waals surface area contributed by atoms with Crippen LogP contribution in [0.15, 0.2) is 57.9 Å². The Balaban J connectivity index is 2.03. The molecule has 1 nitrogen and oxygen atoms in total. The van der Waals surface area contributed by atoms with Crippen molar-refractivity contribution in [1.29, 1.82) is 0 Å². The second-order valence-corrected chi connectivity index (χ2v) is 5.87. The van der Waals surface area contributed by atoms with Crippen LogP contribution in [0.25, 0.3) is 0 Å². The van der Waals surface area contributed by atoms with Gasteiger partial charge in [-0.15, -0.1) is 11.8 Å². The molecule has 2 aromatic carbocycles. The summed E-state index contributed by atoms with van der Waals surface area (Å²) >= 11 is 5.27. The van der Waals surface area contributed by atoms with E-state index in [0.717, 1.165) is 15.8 Å². The predicted molar refractivity (Wildman–Crippen MR) is 84.1 cm³/mol. The minimum absolute atomic E-state index is 0.100. The largest absolute Gasteiger partial charge is 0.384 e. The number of halogens is 1. The summed E-state index contributed by atoms with van der Waals surface area (Å²) in [4.78, 5) is 1.24. The minimum Gasteiger partial charge on any atom is -0.384 e. The molecule has 0 aliphatic carbocycles. The zero-order valence-corrected chi connectivity index (χ0v) is 12.7. The van der Waals surface area contributed by atoms with E-state index in [0.29, 0.717) is 0 Å². The normalized spacial score (nSPS) is 9.79. The van der Waals surface area contributed by atoms with Gasteiger partial charge in [0.25, 0.3) is 0 Å². The molecule has 0 aliphatic rings. The third-order valence-corrected chi connectivity index (χ3v) is 4.00. The molecule has 0 aliphatic heterocycles. The maximum Gasteiger partial charge on any atom is 0.104 e. The first kappa shape index (κ1) is 14.2. The van der Waals surface area contributed by atoms with Crippen molar-refractivity contribution in [2.75, 3.05) is 6.61 Å². The number of benzene rings is 2. The first-order chi connectivity index (χ1) is 9.28. The highest BCUT2D eigenvalue weighted by atomic mass is 79.9. The summed E-state index contributed by atoms with van der Waals surface area (Å²) in [6, 6.07) is 16.4. The van der Waals surface area contributed by atoms with Crippen LogP contribution < -0.4 is 0 Å². The Kier molecular flexibility index (Phi) is 5.53. The molecule has 0 saturated carbocycles. The van der Waals surface area contributed by atoms with E-state index >= 15 is 0 Å². The summed E-state index contributed by atoms with van der Waals surface area (Å²) in [5, 5.41) is 8.69. The van der Waals surface area contributed by atoms with Crippen LogP contribution in [-0.2, 0) is 5.75 Å². The molecule has 19 heavy (non-hydrogen) atoms. The highest BCUT2D eigenvalue weighted by Crippen LogP contribution is 2.25. The summed E-state index contributed by atoms with van der Waals surface area (Å²) in [7, 11) is 0. The lowest BCUT2D eigenvalue weighted by Gasteiger charge is -2.03. The first-order valence-electron chi connectivity index (χ1n) is 5.85. The highest BCUT2D eigenvalue weighted by molar-refractivity contribution is 9.10. The summed E-state index contributed by atoms with van der Waals surface area (Å²) < 4.78 is 1.10. The van der Waals surface area contributed by atoms with Gasteiger partial charge in [0.15, 0.2) is 0 Å². The van der Waals surface area contributed by atoms with E-state index in [1.165, 1.54) is 10.5 Å². The topological polar surface area (TPSA) is 20.2 Å². The number of aliphatic hydroxyl groups is 1. The Morgan fingerprint density at radius 1 is 1.11 bits per heavy atom. The van der Waals surface area contributed by atoms with Crippen LogP contribution in [0.4, 0.5) is 0 Å². The van der Waals surface area contributed by atoms with Crippen molar-refractivity contribution >= 4 is 27.7 Å². The fraction of sp³-hybridized carbons (Fsp3) is 0.125. The van der Waals surface area contributed by atoms with Gasteiger partial charge in [-0.3, -0.25) is 0 Å². The van der Waals surface area contributed by atoms with Gasteiger partial charge in [0.05, 0.1) is 0 Å². The van der Waals surface area contributed by atoms with Crippen molar-refractivity contribution in [3.63, 3.8) is 0 Å². The van der Waals surface area contributed by atoms with E-state index in [2.05, 4.69) is 52.0 Å². The van der Waals surface area contributed by atoms with Gasteiger partial charge in [0.1, 0.15) is 6.61 Å². The molecule has 0 aromatic heterocycles. The monoisotopic (exact) mass is 332 g/mol. The van der Waals surface area contributed by atoms with Crippen LogP contribution >= 0.6 is 27.7 Å². The van der Waals surface area contributed by atoms with Crippen molar-refractivity contribution in [3.05, 3.63) is 64.1 Å². The van der Waals surface area contributed by atoms with Crippen molar-refractivity contribution in [2.24, 2.45) is 0 Å². The molecule has 3 heteroatoms. The molecule has 2 aromatic rings. The minimum atomic E-state index is -0.100. The maximum atomic E-state index is 8.69. The molecule has 0 unspecified atom stereocenters. The lowest BCUT2D eigenvalue weighted by Crippen LogP contribution is -1.83. The van der Waals surface area contributed by atoms with Gasteiger partial charge in [0.2, 0.25) is 0 Å². The Labute approximate surface area is 126 Å². The van der Waals surface area contributed by atoms with Crippen molar-refractivity contribution in [2.45, 2.75) is 10.6 Å². The Morgan fingerprint density at radius 3 is 2.74 bits per heavy atom. The molecular weight excluding hydrogens is 320 g/mol. The van der Waals surface area contributed by atoms with E-state index in [9.17, 15) is 0 Å². The molecule has 1 N–H and O–H groups in total. The van der Waals surface area contributed by atoms with Crippen LogP contribution in [0.5, 0.6) is 0 Å². The third kappa shape index (κ3) is 4.76. The van der Waals surface area contributed by atoms with Crippen molar-refractivity contribution in [3.8, 4) is 11.8 Å². The zero-order valence-electron chi connectivity index (χ0n) is 10.3. The number of thioether (sulfide) groups is 1. The van der Waals surface area contributed by atoms with Crippen LogP contribution in [0.2, 0.25) is 0 Å². The molecule has 0 saturated heterocycles. The van der Waals surface area contributed by atoms with Crippen LogP contribution in [0, 0.1) is 11.8 Å². The van der Waals surface area contributed by atoms with Gasteiger partial charge in [0, 0.05) is 20.7 Å². The molecule has 0 radical (unpaired) electrons. The van der Waals surface area contributed by atoms with E-state index in [-0.39, 0.29) is 6.61 Å². The average Bonchev–Trinajstić information content (AvgIpc) is 2.43. The molecule has 0 heterocycles. The van der Waals surface area contributed by atoms with Gasteiger partial charge >= 0.3 is 0 Å². The van der Waals surface area contributed by atoms with E-state index in [1.54, 1.807) is 11.8 Å². The molecule has 2 rings (SSSR count). The third-order valence-electron chi connectivity index (χ3n) is 2.44. The van der Waals surface area contributed by atoms with Gasteiger partial charge in [-0.1, -0.05) is 46.0 Å². The molecule has 0 spiro atoms. The van der Waals surface area contributed by atoms with Crippen molar-refractivity contribution in [1.82, 2.24) is 0 Å². The predicted octanol–water partition coefficient (Wildman–Crippen LogP) is 4.09. The Bertz CT molecular complexity index is 613. The number of rotatable bonds is 3. The number of hydrogen-bond acceptors (Lipinski definition) is 2. The molecule has 0 atom stereocenters. The molecule has 0 amide bonds. The average molecular weight is 333 g/mol. The number of aliphatic hydroxyl groups excluding tert-OH is 1. The van der Waals surface area contributed by atoms with E-state index in [4.69, 9.17) is 5.11 Å². The Hall–Kier alpha value is -1.21. The number of hydrogen-bond donors (Lipinski definition) is 1. The summed E-state index contributed by atoms with van der Waals surface area (Å²) in [6.45, 7) is -0.100. The Morgan fingerprint density at radius 2 is 1.95 bits per heavy atom. The van der Waals surface area contributed by atoms with E-state index < -0.39 is 0 Å². The maximum absolute atomic E-state index is 8.69. The standard InChI is InChI=1S/C16H13BrOS/c17-15-7-2-8-16(11-15)19-12-14-5-1-4-13(10-14)6-3-9-18/h1-2,4-5,7-8,10-11,18H,9,12H2. The second kappa shape index (κ2) is 7.40. The molecule has 96 valence electrons. The van der Waals surface area contributed by atoms with Gasteiger partial charge in [-0.2, -0.15) is 0 Å². The summed E-state index contributed by atoms with van der Waals surface area (Å²) in [5.74, 6) is 6.50. The van der Waals surface area contributed by atoms with Crippen molar-refractivity contribution < 1.29 is 5.11 Å². The molecule has 0 fully saturated rings. The van der Waals surface area contributed by atoms with E-state index in [1.807, 2.05) is 24.3 Å². The lowest BCUT2D eigenvalue weighted by atomic mass is 10.1. The lowest BCUT2D eigenvalue weighted by molar-refractivity contribution is 0.350. The molecular formula is C16H13BrOS. The summed E-state index contributed by atoms with van der Waals surface area (Å²) in [6.07, 6.45) is 0. The van der Waals surface area contributed by atoms with Crippen LogP contribution in [0.3, 0.4) is 0 Å². The van der Waals surface area contributed by atoms with Crippen LogP contribution in [-0.4, -0.2) is 11.7 Å². The fourth-order valence-electron chi connectivity index (χ4n) is 1.60. The van der Waals surface area contributed by atoms with Gasteiger partial charge in [-0.25, -0.2) is 0 Å². The highest BCUT2D eigenvalue weighted by Gasteiger charge is 1.98. The molecule has 0 bridgehead atoms. The van der Waals surface area contributed by atoms with Gasteiger partial charge in [-0.05, 0) is 35.9 Å². The van der Waals surface area contributed by atoms with Crippen LogP contribution in [0.1, 0.15) is 11.1 Å². The smallest absolute Gasteiger partial charge is 0.104 e. The summed E-state index contributed by atoms with van der Waals surface area (Å²) in [5.41, 5.74) is 2.18. The second-order valence-electron chi connectivity index (χ2n) is 3.91. The fourth-order valence-corrected chi connectivity index (χ4v) is 3.05. The van der Waals surface area contributed by atoms with Gasteiger partial charge < -0.3 is 5.11 Å².